The first-order valence-electron chi connectivity index (χ1n) is 4.83. The van der Waals surface area contributed by atoms with E-state index in [9.17, 15) is 4.79 Å². The molecule has 2 rings (SSSR count). The first-order valence-corrected chi connectivity index (χ1v) is 5.21. The van der Waals surface area contributed by atoms with E-state index in [1.54, 1.807) is 24.3 Å². The maximum Gasteiger partial charge on any atom is 0.339 e. The highest BCUT2D eigenvalue weighted by Gasteiger charge is 2.10. The molecule has 0 aliphatic rings. The monoisotopic (exact) mass is 248 g/mol. The van der Waals surface area contributed by atoms with E-state index in [1.807, 2.05) is 6.07 Å². The van der Waals surface area contributed by atoms with Gasteiger partial charge in [-0.15, -0.1) is 0 Å². The smallest absolute Gasteiger partial charge is 0.339 e. The molecule has 0 radical (unpaired) electrons. The van der Waals surface area contributed by atoms with Crippen LogP contribution < -0.4 is 5.73 Å². The fraction of sp³-hybridized carbons (Fsp3) is 0. The minimum absolute atomic E-state index is 0.00391. The van der Waals surface area contributed by atoms with Crippen LogP contribution in [0.1, 0.15) is 10.4 Å². The van der Waals surface area contributed by atoms with E-state index in [2.05, 4.69) is 4.98 Å². The summed E-state index contributed by atoms with van der Waals surface area (Å²) >= 11 is 5.86. The number of hydrogen-bond acceptors (Lipinski definition) is 3. The molecule has 0 aliphatic carbocycles. The lowest BCUT2D eigenvalue weighted by atomic mass is 10.1. The number of halogens is 1. The fourth-order valence-corrected chi connectivity index (χ4v) is 1.65. The summed E-state index contributed by atoms with van der Waals surface area (Å²) in [6.45, 7) is 0. The average Bonchev–Trinajstić information content (AvgIpc) is 2.28. The second-order valence-electron chi connectivity index (χ2n) is 3.44. The maximum absolute atomic E-state index is 10.8. The quantitative estimate of drug-likeness (QED) is 0.857. The molecule has 5 heteroatoms. The highest BCUT2D eigenvalue weighted by Crippen LogP contribution is 2.23. The summed E-state index contributed by atoms with van der Waals surface area (Å²) in [6, 6.07) is 10.1. The lowest BCUT2D eigenvalue weighted by Crippen LogP contribution is -2.04. The van der Waals surface area contributed by atoms with E-state index < -0.39 is 5.97 Å². The Bertz CT molecular complexity index is 584. The Kier molecular flexibility index (Phi) is 2.97. The predicted octanol–water partition coefficient (Wildman–Crippen LogP) is 2.68. The number of aromatic carboxylic acids is 1. The standard InChI is InChI=1S/C12H9ClN2O2/c13-8-3-1-2-7(6-8)10-5-4-9(12(16)17)11(14)15-10/h1-6H,(H2,14,15)(H,16,17). The zero-order valence-electron chi connectivity index (χ0n) is 8.72. The Morgan fingerprint density at radius 3 is 2.65 bits per heavy atom. The van der Waals surface area contributed by atoms with E-state index in [1.165, 1.54) is 6.07 Å². The molecular formula is C12H9ClN2O2. The number of carboxylic acid groups (broad SMARTS) is 1. The second kappa shape index (κ2) is 4.43. The number of hydrogen-bond donors (Lipinski definition) is 2. The summed E-state index contributed by atoms with van der Waals surface area (Å²) in [4.78, 5) is 14.8. The van der Waals surface area contributed by atoms with Gasteiger partial charge in [-0.3, -0.25) is 0 Å². The van der Waals surface area contributed by atoms with E-state index in [-0.39, 0.29) is 11.4 Å². The molecule has 0 spiro atoms. The number of aromatic nitrogens is 1. The van der Waals surface area contributed by atoms with Gasteiger partial charge in [-0.2, -0.15) is 0 Å². The van der Waals surface area contributed by atoms with Gasteiger partial charge in [0.15, 0.2) is 0 Å². The van der Waals surface area contributed by atoms with Crippen molar-refractivity contribution in [3.63, 3.8) is 0 Å². The SMILES string of the molecule is Nc1nc(-c2cccc(Cl)c2)ccc1C(=O)O. The molecule has 0 saturated carbocycles. The minimum Gasteiger partial charge on any atom is -0.478 e. The highest BCUT2D eigenvalue weighted by molar-refractivity contribution is 6.30. The van der Waals surface area contributed by atoms with Gasteiger partial charge in [0.05, 0.1) is 5.69 Å². The van der Waals surface area contributed by atoms with Crippen LogP contribution in [0.5, 0.6) is 0 Å². The van der Waals surface area contributed by atoms with E-state index in [4.69, 9.17) is 22.4 Å². The highest BCUT2D eigenvalue weighted by atomic mass is 35.5. The maximum atomic E-state index is 10.8. The molecule has 0 atom stereocenters. The van der Waals surface area contributed by atoms with Crippen molar-refractivity contribution in [3.8, 4) is 11.3 Å². The van der Waals surface area contributed by atoms with Crippen LogP contribution in [0.3, 0.4) is 0 Å². The van der Waals surface area contributed by atoms with Crippen molar-refractivity contribution in [3.05, 3.63) is 47.0 Å². The Labute approximate surface area is 103 Å². The Hall–Kier alpha value is -2.07. The summed E-state index contributed by atoms with van der Waals surface area (Å²) in [6.07, 6.45) is 0. The summed E-state index contributed by atoms with van der Waals surface area (Å²) in [5, 5.41) is 9.42. The van der Waals surface area contributed by atoms with Crippen LogP contribution in [0.25, 0.3) is 11.3 Å². The molecule has 0 saturated heterocycles. The summed E-state index contributed by atoms with van der Waals surface area (Å²) < 4.78 is 0. The van der Waals surface area contributed by atoms with Gasteiger partial charge in [-0.25, -0.2) is 9.78 Å². The number of nitrogen functional groups attached to an aromatic ring is 1. The van der Waals surface area contributed by atoms with Crippen molar-refractivity contribution >= 4 is 23.4 Å². The largest absolute Gasteiger partial charge is 0.478 e. The summed E-state index contributed by atoms with van der Waals surface area (Å²) in [5.41, 5.74) is 6.95. The molecule has 0 unspecified atom stereocenters. The van der Waals surface area contributed by atoms with Crippen LogP contribution >= 0.6 is 11.6 Å². The van der Waals surface area contributed by atoms with Crippen LogP contribution in [0, 0.1) is 0 Å². The lowest BCUT2D eigenvalue weighted by Gasteiger charge is -2.04. The van der Waals surface area contributed by atoms with E-state index in [0.29, 0.717) is 10.7 Å². The Morgan fingerprint density at radius 1 is 1.29 bits per heavy atom. The molecule has 86 valence electrons. The van der Waals surface area contributed by atoms with Crippen molar-refractivity contribution in [2.45, 2.75) is 0 Å². The van der Waals surface area contributed by atoms with E-state index >= 15 is 0 Å². The fourth-order valence-electron chi connectivity index (χ4n) is 1.46. The van der Waals surface area contributed by atoms with Gasteiger partial charge in [0.25, 0.3) is 0 Å². The number of pyridine rings is 1. The zero-order chi connectivity index (χ0) is 12.4. The van der Waals surface area contributed by atoms with Crippen molar-refractivity contribution < 1.29 is 9.90 Å². The van der Waals surface area contributed by atoms with Crippen molar-refractivity contribution in [2.75, 3.05) is 5.73 Å². The number of carboxylic acids is 1. The van der Waals surface area contributed by atoms with Gasteiger partial charge in [0.1, 0.15) is 11.4 Å². The van der Waals surface area contributed by atoms with Gasteiger partial charge in [-0.1, -0.05) is 23.7 Å². The molecule has 4 nitrogen and oxygen atoms in total. The summed E-state index contributed by atoms with van der Waals surface area (Å²) in [5.74, 6) is -1.09. The van der Waals surface area contributed by atoms with Crippen molar-refractivity contribution in [1.82, 2.24) is 4.98 Å². The van der Waals surface area contributed by atoms with Crippen LogP contribution in [-0.2, 0) is 0 Å². The van der Waals surface area contributed by atoms with Crippen molar-refractivity contribution in [2.24, 2.45) is 0 Å². The second-order valence-corrected chi connectivity index (χ2v) is 3.88. The van der Waals surface area contributed by atoms with E-state index in [0.717, 1.165) is 5.56 Å². The molecular weight excluding hydrogens is 240 g/mol. The van der Waals surface area contributed by atoms with Crippen LogP contribution in [-0.4, -0.2) is 16.1 Å². The predicted molar refractivity (Wildman–Crippen MR) is 66.1 cm³/mol. The van der Waals surface area contributed by atoms with Crippen LogP contribution in [0.2, 0.25) is 5.02 Å². The molecule has 17 heavy (non-hydrogen) atoms. The number of rotatable bonds is 2. The van der Waals surface area contributed by atoms with Gasteiger partial charge < -0.3 is 10.8 Å². The molecule has 1 aromatic heterocycles. The van der Waals surface area contributed by atoms with Gasteiger partial charge in [-0.05, 0) is 24.3 Å². The van der Waals surface area contributed by atoms with Crippen LogP contribution in [0.4, 0.5) is 5.82 Å². The molecule has 0 aliphatic heterocycles. The first-order chi connectivity index (χ1) is 8.08. The molecule has 0 fully saturated rings. The molecule has 0 bridgehead atoms. The number of benzene rings is 1. The average molecular weight is 249 g/mol. The minimum atomic E-state index is -1.09. The zero-order valence-corrected chi connectivity index (χ0v) is 9.48. The third kappa shape index (κ3) is 2.37. The third-order valence-electron chi connectivity index (χ3n) is 2.28. The Morgan fingerprint density at radius 2 is 2.06 bits per heavy atom. The molecule has 1 heterocycles. The van der Waals surface area contributed by atoms with Crippen molar-refractivity contribution in [1.29, 1.82) is 0 Å². The number of nitrogens with two attached hydrogens (primary N) is 1. The number of carbonyl (C=O) groups is 1. The topological polar surface area (TPSA) is 76.2 Å². The van der Waals surface area contributed by atoms with Crippen LogP contribution in [0.15, 0.2) is 36.4 Å². The summed E-state index contributed by atoms with van der Waals surface area (Å²) in [7, 11) is 0. The number of anilines is 1. The molecule has 3 N–H and O–H groups in total. The Balaban J connectivity index is 2.48. The molecule has 0 amide bonds. The lowest BCUT2D eigenvalue weighted by molar-refractivity contribution is 0.0697. The molecule has 1 aromatic carbocycles. The first kappa shape index (κ1) is 11.4. The molecule has 2 aromatic rings. The normalized spacial score (nSPS) is 10.2. The van der Waals surface area contributed by atoms with Gasteiger partial charge in [0, 0.05) is 10.6 Å². The third-order valence-corrected chi connectivity index (χ3v) is 2.51. The number of nitrogens with zero attached hydrogens (tertiary/aromatic N) is 1. The van der Waals surface area contributed by atoms with Gasteiger partial charge in [0.2, 0.25) is 0 Å². The van der Waals surface area contributed by atoms with Gasteiger partial charge >= 0.3 is 5.97 Å².